The van der Waals surface area contributed by atoms with Crippen molar-refractivity contribution in [2.24, 2.45) is 10.9 Å². The SMILES string of the molecule is N/C(=N/O)c1cc(Br)ccc1Oc1ccc(CO)cc1. The van der Waals surface area contributed by atoms with E-state index in [0.29, 0.717) is 17.1 Å². The van der Waals surface area contributed by atoms with Crippen molar-refractivity contribution in [3.05, 3.63) is 58.1 Å². The fourth-order valence-electron chi connectivity index (χ4n) is 1.64. The molecule has 6 heteroatoms. The molecular formula is C14H13BrN2O3. The van der Waals surface area contributed by atoms with Gasteiger partial charge in [-0.2, -0.15) is 0 Å². The molecule has 0 aliphatic carbocycles. The summed E-state index contributed by atoms with van der Waals surface area (Å²) in [6.07, 6.45) is 0. The summed E-state index contributed by atoms with van der Waals surface area (Å²) in [6.45, 7) is -0.0199. The number of ether oxygens (including phenoxy) is 1. The first-order chi connectivity index (χ1) is 9.63. The van der Waals surface area contributed by atoms with Crippen LogP contribution in [0, 0.1) is 0 Å². The van der Waals surface area contributed by atoms with Gasteiger partial charge in [0.2, 0.25) is 0 Å². The molecule has 0 fully saturated rings. The van der Waals surface area contributed by atoms with Gasteiger partial charge in [0.05, 0.1) is 12.2 Å². The lowest BCUT2D eigenvalue weighted by Crippen LogP contribution is -2.14. The van der Waals surface area contributed by atoms with Gasteiger partial charge in [-0.1, -0.05) is 33.2 Å². The predicted octanol–water partition coefficient (Wildman–Crippen LogP) is 2.83. The molecule has 104 valence electrons. The standard InChI is InChI=1S/C14H13BrN2O3/c15-10-3-6-13(12(7-10)14(16)17-19)20-11-4-1-9(8-18)2-5-11/h1-7,18-19H,8H2,(H2,16,17). The summed E-state index contributed by atoms with van der Waals surface area (Å²) in [5.74, 6) is 1.03. The quantitative estimate of drug-likeness (QED) is 0.346. The van der Waals surface area contributed by atoms with Crippen molar-refractivity contribution in [1.29, 1.82) is 0 Å². The van der Waals surface area contributed by atoms with E-state index in [1.54, 1.807) is 42.5 Å². The maximum absolute atomic E-state index is 8.99. The Morgan fingerprint density at radius 3 is 2.50 bits per heavy atom. The zero-order valence-electron chi connectivity index (χ0n) is 10.5. The summed E-state index contributed by atoms with van der Waals surface area (Å²) in [6, 6.07) is 12.2. The topological polar surface area (TPSA) is 88.1 Å². The second-order valence-electron chi connectivity index (χ2n) is 4.03. The normalized spacial score (nSPS) is 11.4. The van der Waals surface area contributed by atoms with Crippen molar-refractivity contribution in [2.45, 2.75) is 6.61 Å². The molecule has 0 saturated heterocycles. The number of aliphatic hydroxyl groups is 1. The summed E-state index contributed by atoms with van der Waals surface area (Å²) in [7, 11) is 0. The zero-order valence-corrected chi connectivity index (χ0v) is 12.0. The van der Waals surface area contributed by atoms with Gasteiger partial charge in [0.1, 0.15) is 11.5 Å². The lowest BCUT2D eigenvalue weighted by atomic mass is 10.2. The molecule has 2 aromatic carbocycles. The number of oxime groups is 1. The average Bonchev–Trinajstić information content (AvgIpc) is 2.49. The first-order valence-corrected chi connectivity index (χ1v) is 6.58. The van der Waals surface area contributed by atoms with Crippen LogP contribution in [0.3, 0.4) is 0 Å². The molecule has 4 N–H and O–H groups in total. The summed E-state index contributed by atoms with van der Waals surface area (Å²) in [4.78, 5) is 0. The van der Waals surface area contributed by atoms with Crippen LogP contribution >= 0.6 is 15.9 Å². The lowest BCUT2D eigenvalue weighted by Gasteiger charge is -2.11. The molecule has 0 bridgehead atoms. The third kappa shape index (κ3) is 3.28. The highest BCUT2D eigenvalue weighted by molar-refractivity contribution is 9.10. The maximum atomic E-state index is 8.99. The van der Waals surface area contributed by atoms with Crippen LogP contribution in [0.5, 0.6) is 11.5 Å². The van der Waals surface area contributed by atoms with Crippen molar-refractivity contribution in [3.8, 4) is 11.5 Å². The van der Waals surface area contributed by atoms with Crippen LogP contribution < -0.4 is 10.5 Å². The monoisotopic (exact) mass is 336 g/mol. The van der Waals surface area contributed by atoms with E-state index in [0.717, 1.165) is 10.0 Å². The summed E-state index contributed by atoms with van der Waals surface area (Å²) < 4.78 is 6.51. The molecular weight excluding hydrogens is 324 g/mol. The van der Waals surface area contributed by atoms with Gasteiger partial charge in [-0.05, 0) is 35.9 Å². The van der Waals surface area contributed by atoms with E-state index in [1.807, 2.05) is 0 Å². The number of nitrogens with zero attached hydrogens (tertiary/aromatic N) is 1. The molecule has 0 atom stereocenters. The molecule has 0 aromatic heterocycles. The Morgan fingerprint density at radius 2 is 1.90 bits per heavy atom. The van der Waals surface area contributed by atoms with E-state index in [1.165, 1.54) is 0 Å². The second kappa shape index (κ2) is 6.40. The molecule has 0 saturated carbocycles. The predicted molar refractivity (Wildman–Crippen MR) is 79.1 cm³/mol. The van der Waals surface area contributed by atoms with Gasteiger partial charge in [-0.15, -0.1) is 0 Å². The summed E-state index contributed by atoms with van der Waals surface area (Å²) in [5, 5.41) is 20.8. The van der Waals surface area contributed by atoms with E-state index in [-0.39, 0.29) is 12.4 Å². The second-order valence-corrected chi connectivity index (χ2v) is 4.95. The molecule has 0 aliphatic heterocycles. The van der Waals surface area contributed by atoms with Crippen molar-refractivity contribution >= 4 is 21.8 Å². The summed E-state index contributed by atoms with van der Waals surface area (Å²) in [5.41, 5.74) is 6.91. The molecule has 0 aliphatic rings. The molecule has 5 nitrogen and oxygen atoms in total. The van der Waals surface area contributed by atoms with Crippen LogP contribution in [0.1, 0.15) is 11.1 Å². The van der Waals surface area contributed by atoms with Gasteiger partial charge < -0.3 is 20.8 Å². The van der Waals surface area contributed by atoms with Crippen LogP contribution in [0.2, 0.25) is 0 Å². The minimum atomic E-state index is -0.0340. The van der Waals surface area contributed by atoms with Gasteiger partial charge >= 0.3 is 0 Å². The summed E-state index contributed by atoms with van der Waals surface area (Å²) >= 11 is 3.32. The molecule has 0 radical (unpaired) electrons. The van der Waals surface area contributed by atoms with Crippen molar-refractivity contribution < 1.29 is 15.1 Å². The molecule has 0 amide bonds. The van der Waals surface area contributed by atoms with Gasteiger partial charge in [0.15, 0.2) is 5.84 Å². The Balaban J connectivity index is 2.32. The first-order valence-electron chi connectivity index (χ1n) is 5.79. The van der Waals surface area contributed by atoms with Crippen LogP contribution in [0.15, 0.2) is 52.1 Å². The number of aliphatic hydroxyl groups excluding tert-OH is 1. The van der Waals surface area contributed by atoms with Gasteiger partial charge in [0, 0.05) is 4.47 Å². The molecule has 0 heterocycles. The number of halogens is 1. The Labute approximate surface area is 124 Å². The third-order valence-electron chi connectivity index (χ3n) is 2.66. The fourth-order valence-corrected chi connectivity index (χ4v) is 2.00. The van der Waals surface area contributed by atoms with E-state index >= 15 is 0 Å². The smallest absolute Gasteiger partial charge is 0.173 e. The zero-order chi connectivity index (χ0) is 14.5. The minimum Gasteiger partial charge on any atom is -0.457 e. The number of rotatable bonds is 4. The van der Waals surface area contributed by atoms with Crippen LogP contribution in [0.4, 0.5) is 0 Å². The molecule has 2 rings (SSSR count). The Bertz CT molecular complexity index is 627. The van der Waals surface area contributed by atoms with E-state index in [4.69, 9.17) is 20.8 Å². The largest absolute Gasteiger partial charge is 0.457 e. The molecule has 0 unspecified atom stereocenters. The highest BCUT2D eigenvalue weighted by Crippen LogP contribution is 2.28. The Kier molecular flexibility index (Phi) is 4.60. The molecule has 2 aromatic rings. The number of hydrogen-bond donors (Lipinski definition) is 3. The third-order valence-corrected chi connectivity index (χ3v) is 3.15. The Morgan fingerprint density at radius 1 is 1.20 bits per heavy atom. The number of hydrogen-bond acceptors (Lipinski definition) is 4. The highest BCUT2D eigenvalue weighted by Gasteiger charge is 2.10. The van der Waals surface area contributed by atoms with Crippen LogP contribution in [0.25, 0.3) is 0 Å². The molecule has 20 heavy (non-hydrogen) atoms. The average molecular weight is 337 g/mol. The Hall–Kier alpha value is -2.05. The van der Waals surface area contributed by atoms with Crippen LogP contribution in [-0.4, -0.2) is 16.1 Å². The fraction of sp³-hybridized carbons (Fsp3) is 0.0714. The number of amidine groups is 1. The molecule has 0 spiro atoms. The van der Waals surface area contributed by atoms with Crippen molar-refractivity contribution in [3.63, 3.8) is 0 Å². The van der Waals surface area contributed by atoms with Crippen molar-refractivity contribution in [1.82, 2.24) is 0 Å². The van der Waals surface area contributed by atoms with Crippen LogP contribution in [-0.2, 0) is 6.61 Å². The van der Waals surface area contributed by atoms with Gasteiger partial charge in [0.25, 0.3) is 0 Å². The van der Waals surface area contributed by atoms with E-state index in [2.05, 4.69) is 21.1 Å². The van der Waals surface area contributed by atoms with E-state index < -0.39 is 0 Å². The van der Waals surface area contributed by atoms with E-state index in [9.17, 15) is 0 Å². The number of benzene rings is 2. The maximum Gasteiger partial charge on any atom is 0.173 e. The lowest BCUT2D eigenvalue weighted by molar-refractivity contribution is 0.281. The van der Waals surface area contributed by atoms with Gasteiger partial charge in [-0.3, -0.25) is 0 Å². The van der Waals surface area contributed by atoms with Gasteiger partial charge in [-0.25, -0.2) is 0 Å². The first kappa shape index (κ1) is 14.4. The van der Waals surface area contributed by atoms with Crippen molar-refractivity contribution in [2.75, 3.05) is 0 Å². The highest BCUT2D eigenvalue weighted by atomic mass is 79.9. The number of nitrogens with two attached hydrogens (primary N) is 1. The minimum absolute atomic E-state index is 0.0199.